The third kappa shape index (κ3) is 12.8. The Labute approximate surface area is 424 Å². The van der Waals surface area contributed by atoms with Gasteiger partial charge in [-0.3, -0.25) is 48.5 Å². The van der Waals surface area contributed by atoms with Gasteiger partial charge in [-0.1, -0.05) is 40.0 Å². The van der Waals surface area contributed by atoms with Crippen molar-refractivity contribution in [3.05, 3.63) is 23.8 Å². The molecule has 1 saturated heterocycles. The van der Waals surface area contributed by atoms with Crippen LogP contribution in [0.3, 0.4) is 0 Å². The number of aliphatic hydroxyl groups excluding tert-OH is 3. The highest BCUT2D eigenvalue weighted by Crippen LogP contribution is 2.42. The molecule has 1 fully saturated rings. The van der Waals surface area contributed by atoms with E-state index in [0.29, 0.717) is 43.9 Å². The third-order valence-corrected chi connectivity index (χ3v) is 15.7. The van der Waals surface area contributed by atoms with Gasteiger partial charge in [0.25, 0.3) is 0 Å². The monoisotopic (exact) mass is 1040 g/mol. The normalized spacial score (nSPS) is 30.1. The van der Waals surface area contributed by atoms with Crippen LogP contribution in [0.2, 0.25) is 0 Å². The number of nitrogens with two attached hydrogens (primary N) is 2. The maximum Gasteiger partial charge on any atom is 0.248 e. The average Bonchev–Trinajstić information content (AvgIpc) is 3.90. The lowest BCUT2D eigenvalue weighted by atomic mass is 9.87. The molecule has 73 heavy (non-hydrogen) atoms. The van der Waals surface area contributed by atoms with Crippen molar-refractivity contribution in [3.8, 4) is 5.75 Å². The van der Waals surface area contributed by atoms with Gasteiger partial charge in [-0.05, 0) is 43.9 Å². The van der Waals surface area contributed by atoms with E-state index in [-0.39, 0.29) is 34.7 Å². The van der Waals surface area contributed by atoms with Crippen molar-refractivity contribution >= 4 is 75.5 Å². The molecule has 7 amide bonds. The highest BCUT2D eigenvalue weighted by Gasteiger charge is 2.61. The number of H-pyrrole nitrogens is 1. The molecule has 5 aliphatic heterocycles. The van der Waals surface area contributed by atoms with Gasteiger partial charge in [0.05, 0.1) is 49.5 Å². The first-order chi connectivity index (χ1) is 34.7. The molecule has 1 aromatic heterocycles. The number of aromatic nitrogens is 1. The second kappa shape index (κ2) is 24.5. The van der Waals surface area contributed by atoms with Crippen LogP contribution in [0.5, 0.6) is 5.75 Å². The number of benzene rings is 1. The van der Waals surface area contributed by atoms with Crippen LogP contribution in [0.15, 0.2) is 23.2 Å². The zero-order chi connectivity index (χ0) is 53.4. The summed E-state index contributed by atoms with van der Waals surface area (Å²) in [6.45, 7) is 2.30. The highest BCUT2D eigenvalue weighted by atomic mass is 32.2. The van der Waals surface area contributed by atoms with Gasteiger partial charge < -0.3 is 73.0 Å². The van der Waals surface area contributed by atoms with Gasteiger partial charge in [0.2, 0.25) is 57.9 Å². The molecular weight excluding hydrogens is 975 g/mol. The Morgan fingerprint density at radius 2 is 1.64 bits per heavy atom. The minimum absolute atomic E-state index is 0.0235. The first-order valence-corrected chi connectivity index (χ1v) is 26.0. The average molecular weight is 1040 g/mol. The summed E-state index contributed by atoms with van der Waals surface area (Å²) in [5.41, 5.74) is 7.15. The van der Waals surface area contributed by atoms with Crippen molar-refractivity contribution < 1.29 is 67.8 Å². The van der Waals surface area contributed by atoms with E-state index in [4.69, 9.17) is 16.2 Å². The number of hydrogen-bond acceptors (Lipinski definition) is 17. The molecule has 0 spiro atoms. The minimum atomic E-state index is -2.42. The molecule has 12 atom stereocenters. The summed E-state index contributed by atoms with van der Waals surface area (Å²) in [7, 11) is 0. The van der Waals surface area contributed by atoms with Crippen molar-refractivity contribution in [1.29, 1.82) is 0 Å². The number of aldehydes is 1. The Bertz CT molecular complexity index is 2410. The molecule has 1 aromatic carbocycles. The molecule has 26 heteroatoms. The molecule has 0 saturated carbocycles. The number of aromatic amines is 1. The van der Waals surface area contributed by atoms with Gasteiger partial charge >= 0.3 is 0 Å². The summed E-state index contributed by atoms with van der Waals surface area (Å²) in [5, 5.41) is 51.8. The molecule has 8 bridgehead atoms. The fraction of sp³-hybridized carbons (Fsp3) is 0.638. The van der Waals surface area contributed by atoms with Crippen LogP contribution >= 0.6 is 0 Å². The zero-order valence-corrected chi connectivity index (χ0v) is 42.0. The number of ketones is 1. The van der Waals surface area contributed by atoms with Crippen LogP contribution in [0.25, 0.3) is 10.9 Å². The molecule has 5 aliphatic rings. The molecule has 2 aromatic rings. The van der Waals surface area contributed by atoms with E-state index in [9.17, 15) is 53.4 Å². The number of aliphatic hydroxyl groups is 3. The fourth-order valence-electron chi connectivity index (χ4n) is 9.96. The van der Waals surface area contributed by atoms with Gasteiger partial charge in [-0.25, -0.2) is 4.90 Å². The van der Waals surface area contributed by atoms with Crippen LogP contribution in [0.1, 0.15) is 84.1 Å². The van der Waals surface area contributed by atoms with Crippen LogP contribution in [-0.4, -0.2) is 176 Å². The number of carbonyl (C=O) groups is 9. The van der Waals surface area contributed by atoms with E-state index in [1.165, 1.54) is 24.0 Å². The lowest BCUT2D eigenvalue weighted by Crippen LogP contribution is -2.74. The predicted molar refractivity (Wildman–Crippen MR) is 261 cm³/mol. The quantitative estimate of drug-likeness (QED) is 0.0457. The van der Waals surface area contributed by atoms with Gasteiger partial charge in [-0.15, -0.1) is 0 Å². The number of fused-ring (bicyclic) bond motifs is 6. The predicted octanol–water partition coefficient (Wildman–Crippen LogP) is -4.20. The van der Waals surface area contributed by atoms with E-state index in [1.807, 2.05) is 0 Å². The Balaban J connectivity index is 1.70. The Morgan fingerprint density at radius 3 is 2.32 bits per heavy atom. The standard InChI is InChI=1S/C47H69N11O14S/c1-4-24(2)38-43(69)51-18-36(64)52-33-22-73(71)45-29-16-32(41(67)50-19-37(65)56-38)54-44(70)39(25(3)34(62)21-59)57-46(23-60)17-26(61)20-58(46)47(13-7-5-6-8-14-48,72-27-9-10-28(29)31(15-27)55-45)40(66)30(53-42(33)68)11-12-35(49)63/h9-10,15,23-26,30,32-34,38-39,55,57,59,61-62H,4-8,11-14,16-22,48H2,1-3H3,(H2,49,63)(H,50,67)(H,51,69)(H,52,64)(H,53,68)(H,54,70)(H,56,65)/t24-,25-,26+,30-,32?,33?,34-,38-,39-,46-,47?,73?/m0/s1. The number of ether oxygens (including phenoxy) is 1. The van der Waals surface area contributed by atoms with Crippen LogP contribution in [0.4, 0.5) is 0 Å². The van der Waals surface area contributed by atoms with Gasteiger partial charge in [-0.2, -0.15) is 0 Å². The molecule has 25 nitrogen and oxygen atoms in total. The Morgan fingerprint density at radius 1 is 0.945 bits per heavy atom. The van der Waals surface area contributed by atoms with Gasteiger partial charge in [0.1, 0.15) is 29.2 Å². The van der Waals surface area contributed by atoms with Crippen LogP contribution in [0, 0.1) is 11.8 Å². The molecule has 4 unspecified atom stereocenters. The van der Waals surface area contributed by atoms with Crippen molar-refractivity contribution in [3.63, 3.8) is 0 Å². The van der Waals surface area contributed by atoms with Crippen molar-refractivity contribution in [2.45, 2.75) is 144 Å². The maximum atomic E-state index is 16.1. The lowest BCUT2D eigenvalue weighted by molar-refractivity contribution is -0.175. The van der Waals surface area contributed by atoms with E-state index in [0.717, 1.165) is 0 Å². The molecular formula is C47H69N11O14S. The summed E-state index contributed by atoms with van der Waals surface area (Å²) >= 11 is -2.32. The number of unbranched alkanes of at least 4 members (excludes halogenated alkanes) is 3. The number of amides is 7. The van der Waals surface area contributed by atoms with E-state index >= 15 is 9.59 Å². The van der Waals surface area contributed by atoms with E-state index < -0.39 is 182 Å². The number of nitrogens with one attached hydrogen (secondary N) is 8. The van der Waals surface area contributed by atoms with Gasteiger partial charge in [0, 0.05) is 66.3 Å². The minimum Gasteiger partial charge on any atom is -0.610 e. The molecule has 7 rings (SSSR count). The largest absolute Gasteiger partial charge is 0.610 e. The molecule has 15 N–H and O–H groups in total. The first kappa shape index (κ1) is 56.6. The number of carbonyl (C=O) groups excluding carboxylic acids is 9. The summed E-state index contributed by atoms with van der Waals surface area (Å²) < 4.78 is 21.9. The highest BCUT2D eigenvalue weighted by molar-refractivity contribution is 7.91. The zero-order valence-electron chi connectivity index (χ0n) is 41.2. The van der Waals surface area contributed by atoms with E-state index in [2.05, 4.69) is 42.2 Å². The van der Waals surface area contributed by atoms with Crippen molar-refractivity contribution in [2.24, 2.45) is 23.3 Å². The summed E-state index contributed by atoms with van der Waals surface area (Å²) in [4.78, 5) is 133. The Hall–Kier alpha value is -5.74. The number of rotatable bonds is 15. The molecule has 6 heterocycles. The summed E-state index contributed by atoms with van der Waals surface area (Å²) in [6, 6.07) is -3.65. The van der Waals surface area contributed by atoms with Crippen molar-refractivity contribution in [2.75, 3.05) is 38.5 Å². The maximum absolute atomic E-state index is 16.1. The number of nitrogens with zero attached hydrogens (tertiary/aromatic N) is 1. The SMILES string of the molecule is CC[C@H](C)[C@@H]1NC(=O)CNC(=O)C2Cc3c4[nH]c5cc(ccc35)OC(CCCCCCN)(C(=O)[C@H](CCC(N)=O)NC(=O)C(C[S+]4[O-])NC(=O)CNC1=O)N1C[C@H](O)C[C@]1(C=O)N[C@@H]([C@@H](C)[C@@H](O)CO)C(=O)N2. The van der Waals surface area contributed by atoms with E-state index in [1.54, 1.807) is 19.9 Å². The molecule has 0 radical (unpaired) electrons. The lowest BCUT2D eigenvalue weighted by Gasteiger charge is -2.49. The smallest absolute Gasteiger partial charge is 0.248 e. The molecule has 0 aliphatic carbocycles. The second-order valence-corrected chi connectivity index (χ2v) is 20.8. The molecule has 402 valence electrons. The van der Waals surface area contributed by atoms with Crippen LogP contribution in [-0.2, 0) is 60.7 Å². The third-order valence-electron chi connectivity index (χ3n) is 14.2. The second-order valence-electron chi connectivity index (χ2n) is 19.4. The van der Waals surface area contributed by atoms with Gasteiger partial charge in [0.15, 0.2) is 12.3 Å². The fourth-order valence-corrected chi connectivity index (χ4v) is 11.4. The first-order valence-electron chi connectivity index (χ1n) is 24.7. The number of primary amides is 1. The summed E-state index contributed by atoms with van der Waals surface area (Å²) in [5.74, 6) is -10.0. The summed E-state index contributed by atoms with van der Waals surface area (Å²) in [6.07, 6.45) is -2.79. The topological polar surface area (TPSA) is 402 Å². The van der Waals surface area contributed by atoms with Crippen LogP contribution < -0.4 is 53.4 Å². The number of Topliss-reactive ketones (excluding diaryl/α,β-unsaturated/α-hetero) is 1. The Kier molecular flexibility index (Phi) is 19.0. The van der Waals surface area contributed by atoms with Crippen molar-refractivity contribution in [1.82, 2.24) is 47.1 Å². The number of hydrogen-bond donors (Lipinski definition) is 13.